The van der Waals surface area contributed by atoms with Gasteiger partial charge in [-0.3, -0.25) is 4.79 Å². The topological polar surface area (TPSA) is 41.6 Å². The van der Waals surface area contributed by atoms with Crippen LogP contribution in [0.1, 0.15) is 23.7 Å². The Morgan fingerprint density at radius 2 is 2.26 bits per heavy atom. The van der Waals surface area contributed by atoms with E-state index >= 15 is 0 Å². The number of hydrogen-bond acceptors (Lipinski definition) is 3. The van der Waals surface area contributed by atoms with E-state index in [1.165, 1.54) is 12.1 Å². The van der Waals surface area contributed by atoms with Crippen molar-refractivity contribution < 1.29 is 13.9 Å². The minimum atomic E-state index is -0.486. The highest BCUT2D eigenvalue weighted by atomic mass is 19.1. The zero-order chi connectivity index (χ0) is 13.7. The van der Waals surface area contributed by atoms with Crippen LogP contribution in [0.3, 0.4) is 0 Å². The van der Waals surface area contributed by atoms with Crippen LogP contribution in [-0.4, -0.2) is 43.6 Å². The lowest BCUT2D eigenvalue weighted by Crippen LogP contribution is -2.34. The second kappa shape index (κ2) is 6.52. The normalized spacial score (nSPS) is 16.0. The van der Waals surface area contributed by atoms with E-state index in [0.717, 1.165) is 19.5 Å². The van der Waals surface area contributed by atoms with Gasteiger partial charge in [-0.2, -0.15) is 0 Å². The van der Waals surface area contributed by atoms with Crippen molar-refractivity contribution in [3.63, 3.8) is 0 Å². The first-order valence-corrected chi connectivity index (χ1v) is 6.64. The fourth-order valence-electron chi connectivity index (χ4n) is 2.14. The molecule has 0 radical (unpaired) electrons. The molecule has 0 unspecified atom stereocenters. The Morgan fingerprint density at radius 1 is 1.42 bits per heavy atom. The van der Waals surface area contributed by atoms with E-state index in [2.05, 4.69) is 5.32 Å². The van der Waals surface area contributed by atoms with E-state index < -0.39 is 5.82 Å². The van der Waals surface area contributed by atoms with E-state index in [-0.39, 0.29) is 11.7 Å². The zero-order valence-corrected chi connectivity index (χ0v) is 11.1. The lowest BCUT2D eigenvalue weighted by atomic mass is 10.1. The van der Waals surface area contributed by atoms with E-state index in [0.29, 0.717) is 25.3 Å². The summed E-state index contributed by atoms with van der Waals surface area (Å²) in [4.78, 5) is 14.0. The maximum Gasteiger partial charge on any atom is 0.254 e. The predicted molar refractivity (Wildman–Crippen MR) is 71.0 cm³/mol. The van der Waals surface area contributed by atoms with Gasteiger partial charge in [0.15, 0.2) is 11.6 Å². The Kier molecular flexibility index (Phi) is 4.74. The minimum Gasteiger partial charge on any atom is -0.491 e. The van der Waals surface area contributed by atoms with Crippen molar-refractivity contribution in [2.24, 2.45) is 0 Å². The Balaban J connectivity index is 2.12. The van der Waals surface area contributed by atoms with Gasteiger partial charge in [-0.15, -0.1) is 0 Å². The molecule has 1 amide bonds. The zero-order valence-electron chi connectivity index (χ0n) is 11.1. The Bertz CT molecular complexity index is 443. The highest BCUT2D eigenvalue weighted by Gasteiger charge is 2.18. The van der Waals surface area contributed by atoms with Crippen molar-refractivity contribution >= 4 is 5.91 Å². The van der Waals surface area contributed by atoms with Gasteiger partial charge in [0.1, 0.15) is 0 Å². The number of nitrogens with zero attached hydrogens (tertiary/aromatic N) is 1. The third-order valence-electron chi connectivity index (χ3n) is 3.11. The van der Waals surface area contributed by atoms with E-state index in [1.807, 2.05) is 0 Å². The monoisotopic (exact) mass is 266 g/mol. The summed E-state index contributed by atoms with van der Waals surface area (Å²) >= 11 is 0. The van der Waals surface area contributed by atoms with Crippen molar-refractivity contribution in [3.8, 4) is 5.75 Å². The average Bonchev–Trinajstić information content (AvgIpc) is 2.69. The molecule has 2 rings (SSSR count). The quantitative estimate of drug-likeness (QED) is 0.904. The van der Waals surface area contributed by atoms with Crippen molar-refractivity contribution in [1.82, 2.24) is 10.2 Å². The third-order valence-corrected chi connectivity index (χ3v) is 3.11. The molecular formula is C14H19FN2O2. The van der Waals surface area contributed by atoms with Crippen molar-refractivity contribution in [3.05, 3.63) is 29.6 Å². The number of nitrogens with one attached hydrogen (secondary N) is 1. The van der Waals surface area contributed by atoms with Gasteiger partial charge < -0.3 is 15.0 Å². The summed E-state index contributed by atoms with van der Waals surface area (Å²) in [6.07, 6.45) is 0.922. The molecule has 0 atom stereocenters. The van der Waals surface area contributed by atoms with Crippen LogP contribution in [0.4, 0.5) is 4.39 Å². The lowest BCUT2D eigenvalue weighted by Gasteiger charge is -2.20. The lowest BCUT2D eigenvalue weighted by molar-refractivity contribution is 0.0766. The molecule has 1 N–H and O–H groups in total. The van der Waals surface area contributed by atoms with Gasteiger partial charge >= 0.3 is 0 Å². The van der Waals surface area contributed by atoms with Gasteiger partial charge in [0.25, 0.3) is 5.91 Å². The highest BCUT2D eigenvalue weighted by molar-refractivity contribution is 5.94. The molecule has 0 spiro atoms. The van der Waals surface area contributed by atoms with Crippen LogP contribution in [-0.2, 0) is 0 Å². The van der Waals surface area contributed by atoms with Gasteiger partial charge in [0, 0.05) is 25.2 Å². The van der Waals surface area contributed by atoms with Gasteiger partial charge in [-0.05, 0) is 38.1 Å². The van der Waals surface area contributed by atoms with Crippen LogP contribution in [0.15, 0.2) is 18.2 Å². The molecule has 5 heteroatoms. The number of rotatable bonds is 3. The van der Waals surface area contributed by atoms with Crippen LogP contribution in [0.2, 0.25) is 0 Å². The summed E-state index contributed by atoms with van der Waals surface area (Å²) in [5, 5.41) is 3.23. The van der Waals surface area contributed by atoms with Gasteiger partial charge in [0.2, 0.25) is 0 Å². The maximum atomic E-state index is 13.7. The van der Waals surface area contributed by atoms with E-state index in [1.54, 1.807) is 17.9 Å². The summed E-state index contributed by atoms with van der Waals surface area (Å²) in [7, 11) is 0. The minimum absolute atomic E-state index is 0.120. The van der Waals surface area contributed by atoms with Crippen LogP contribution in [0.25, 0.3) is 0 Å². The second-order valence-corrected chi connectivity index (χ2v) is 4.47. The molecular weight excluding hydrogens is 247 g/mol. The summed E-state index contributed by atoms with van der Waals surface area (Å²) in [6.45, 7) is 5.27. The molecule has 0 saturated carbocycles. The van der Waals surface area contributed by atoms with Crippen molar-refractivity contribution in [1.29, 1.82) is 0 Å². The predicted octanol–water partition coefficient (Wildman–Crippen LogP) is 1.66. The number of hydrogen-bond donors (Lipinski definition) is 1. The molecule has 4 nitrogen and oxygen atoms in total. The van der Waals surface area contributed by atoms with Crippen LogP contribution >= 0.6 is 0 Å². The van der Waals surface area contributed by atoms with E-state index in [9.17, 15) is 9.18 Å². The molecule has 1 aliphatic heterocycles. The van der Waals surface area contributed by atoms with Crippen LogP contribution < -0.4 is 10.1 Å². The number of halogens is 1. The Labute approximate surface area is 112 Å². The fraction of sp³-hybridized carbons (Fsp3) is 0.500. The highest BCUT2D eigenvalue weighted by Crippen LogP contribution is 2.19. The van der Waals surface area contributed by atoms with Crippen molar-refractivity contribution in [2.45, 2.75) is 13.3 Å². The third kappa shape index (κ3) is 3.44. The molecule has 1 heterocycles. The smallest absolute Gasteiger partial charge is 0.254 e. The number of carbonyl (C=O) groups excluding carboxylic acids is 1. The first-order chi connectivity index (χ1) is 9.22. The first-order valence-electron chi connectivity index (χ1n) is 6.64. The van der Waals surface area contributed by atoms with Crippen LogP contribution in [0, 0.1) is 5.82 Å². The van der Waals surface area contributed by atoms with Gasteiger partial charge in [0.05, 0.1) is 6.61 Å². The number of carbonyl (C=O) groups is 1. The Morgan fingerprint density at radius 3 is 3.00 bits per heavy atom. The molecule has 1 fully saturated rings. The summed E-state index contributed by atoms with van der Waals surface area (Å²) in [6, 6.07) is 4.39. The number of benzene rings is 1. The average molecular weight is 266 g/mol. The molecule has 1 aromatic carbocycles. The largest absolute Gasteiger partial charge is 0.491 e. The number of ether oxygens (including phenoxy) is 1. The van der Waals surface area contributed by atoms with E-state index in [4.69, 9.17) is 4.74 Å². The summed E-state index contributed by atoms with van der Waals surface area (Å²) < 4.78 is 18.9. The molecule has 0 aliphatic carbocycles. The second-order valence-electron chi connectivity index (χ2n) is 4.47. The molecule has 104 valence electrons. The summed E-state index contributed by atoms with van der Waals surface area (Å²) in [5.41, 5.74) is 0.378. The maximum absolute atomic E-state index is 13.7. The van der Waals surface area contributed by atoms with Crippen LogP contribution in [0.5, 0.6) is 5.75 Å². The SMILES string of the molecule is CCOc1ccc(C(=O)N2CCCNCC2)cc1F. The van der Waals surface area contributed by atoms with Crippen molar-refractivity contribution in [2.75, 3.05) is 32.8 Å². The molecule has 19 heavy (non-hydrogen) atoms. The molecule has 1 aromatic rings. The Hall–Kier alpha value is -1.62. The van der Waals surface area contributed by atoms with Gasteiger partial charge in [-0.25, -0.2) is 4.39 Å². The molecule has 0 bridgehead atoms. The molecule has 1 saturated heterocycles. The molecule has 1 aliphatic rings. The summed E-state index contributed by atoms with van der Waals surface area (Å²) in [5.74, 6) is -0.414. The van der Waals surface area contributed by atoms with Gasteiger partial charge in [-0.1, -0.05) is 0 Å². The number of amides is 1. The standard InChI is InChI=1S/C14H19FN2O2/c1-2-19-13-5-4-11(10-12(13)15)14(18)17-8-3-6-16-7-9-17/h4-5,10,16H,2-3,6-9H2,1H3. The molecule has 0 aromatic heterocycles. The first kappa shape index (κ1) is 13.8. The fourth-order valence-corrected chi connectivity index (χ4v) is 2.14.